The fourth-order valence-corrected chi connectivity index (χ4v) is 1.53. The SMILES string of the molecule is CNC(=O)c1ccc(-c2ccc(O)c(O)c2)nc1. The van der Waals surface area contributed by atoms with Crippen molar-refractivity contribution in [3.63, 3.8) is 0 Å². The minimum Gasteiger partial charge on any atom is -0.504 e. The van der Waals surface area contributed by atoms with Crippen molar-refractivity contribution >= 4 is 5.91 Å². The molecule has 0 saturated carbocycles. The van der Waals surface area contributed by atoms with Crippen molar-refractivity contribution in [1.82, 2.24) is 10.3 Å². The highest BCUT2D eigenvalue weighted by Gasteiger charge is 2.06. The van der Waals surface area contributed by atoms with Gasteiger partial charge >= 0.3 is 0 Å². The number of carbonyl (C=O) groups excluding carboxylic acids is 1. The third-order valence-corrected chi connectivity index (χ3v) is 2.52. The molecule has 1 amide bonds. The van der Waals surface area contributed by atoms with Gasteiger partial charge in [-0.25, -0.2) is 0 Å². The van der Waals surface area contributed by atoms with Gasteiger partial charge in [-0.1, -0.05) is 0 Å². The second kappa shape index (κ2) is 4.75. The molecule has 1 aromatic carbocycles. The Morgan fingerprint density at radius 1 is 1.17 bits per heavy atom. The van der Waals surface area contributed by atoms with Crippen molar-refractivity contribution in [3.8, 4) is 22.8 Å². The van der Waals surface area contributed by atoms with Crippen LogP contribution in [0.15, 0.2) is 36.5 Å². The third-order valence-electron chi connectivity index (χ3n) is 2.52. The van der Waals surface area contributed by atoms with Crippen LogP contribution in [0.3, 0.4) is 0 Å². The number of phenols is 2. The first-order chi connectivity index (χ1) is 8.61. The summed E-state index contributed by atoms with van der Waals surface area (Å²) in [6, 6.07) is 7.76. The highest BCUT2D eigenvalue weighted by atomic mass is 16.3. The first kappa shape index (κ1) is 11.9. The molecular weight excluding hydrogens is 232 g/mol. The lowest BCUT2D eigenvalue weighted by molar-refractivity contribution is 0.0963. The third kappa shape index (κ3) is 2.24. The van der Waals surface area contributed by atoms with Crippen LogP contribution in [-0.2, 0) is 0 Å². The van der Waals surface area contributed by atoms with Crippen LogP contribution in [0.4, 0.5) is 0 Å². The number of rotatable bonds is 2. The Bertz CT molecular complexity index is 579. The number of aromatic hydroxyl groups is 2. The van der Waals surface area contributed by atoms with Crippen molar-refractivity contribution in [1.29, 1.82) is 0 Å². The molecule has 0 unspecified atom stereocenters. The molecule has 0 radical (unpaired) electrons. The minimum atomic E-state index is -0.206. The second-order valence-corrected chi connectivity index (χ2v) is 3.71. The summed E-state index contributed by atoms with van der Waals surface area (Å²) in [6.07, 6.45) is 1.46. The average molecular weight is 244 g/mol. The number of phenolic OH excluding ortho intramolecular Hbond substituents is 2. The Balaban J connectivity index is 2.34. The van der Waals surface area contributed by atoms with Gasteiger partial charge in [-0.05, 0) is 30.3 Å². The summed E-state index contributed by atoms with van der Waals surface area (Å²) in [5.41, 5.74) is 1.73. The molecule has 3 N–H and O–H groups in total. The summed E-state index contributed by atoms with van der Waals surface area (Å²) in [5.74, 6) is -0.590. The lowest BCUT2D eigenvalue weighted by Crippen LogP contribution is -2.17. The molecule has 0 aliphatic heterocycles. The van der Waals surface area contributed by atoms with Crippen molar-refractivity contribution in [2.45, 2.75) is 0 Å². The number of nitrogens with zero attached hydrogens (tertiary/aromatic N) is 1. The summed E-state index contributed by atoms with van der Waals surface area (Å²) >= 11 is 0. The number of nitrogens with one attached hydrogen (secondary N) is 1. The van der Waals surface area contributed by atoms with Gasteiger partial charge in [-0.3, -0.25) is 9.78 Å². The van der Waals surface area contributed by atoms with Gasteiger partial charge in [0.15, 0.2) is 11.5 Å². The van der Waals surface area contributed by atoms with E-state index in [0.29, 0.717) is 16.8 Å². The van der Waals surface area contributed by atoms with Gasteiger partial charge in [0, 0.05) is 18.8 Å². The predicted molar refractivity (Wildman–Crippen MR) is 66.4 cm³/mol. The highest BCUT2D eigenvalue weighted by Crippen LogP contribution is 2.29. The number of hydrogen-bond acceptors (Lipinski definition) is 4. The first-order valence-electron chi connectivity index (χ1n) is 5.32. The lowest BCUT2D eigenvalue weighted by Gasteiger charge is -2.04. The number of carbonyl (C=O) groups is 1. The molecule has 0 aliphatic rings. The summed E-state index contributed by atoms with van der Waals surface area (Å²) in [6.45, 7) is 0. The number of benzene rings is 1. The lowest BCUT2D eigenvalue weighted by atomic mass is 10.1. The Morgan fingerprint density at radius 3 is 2.50 bits per heavy atom. The Kier molecular flexibility index (Phi) is 3.14. The van der Waals surface area contributed by atoms with Crippen molar-refractivity contribution < 1.29 is 15.0 Å². The van der Waals surface area contributed by atoms with E-state index in [1.165, 1.54) is 18.3 Å². The number of amides is 1. The summed E-state index contributed by atoms with van der Waals surface area (Å²) in [5, 5.41) is 21.1. The van der Waals surface area contributed by atoms with Crippen molar-refractivity contribution in [2.75, 3.05) is 7.05 Å². The van der Waals surface area contributed by atoms with E-state index in [1.807, 2.05) is 0 Å². The zero-order valence-corrected chi connectivity index (χ0v) is 9.71. The smallest absolute Gasteiger partial charge is 0.252 e. The highest BCUT2D eigenvalue weighted by molar-refractivity contribution is 5.93. The summed E-state index contributed by atoms with van der Waals surface area (Å²) in [7, 11) is 1.55. The molecule has 0 atom stereocenters. The molecule has 2 aromatic rings. The fourth-order valence-electron chi connectivity index (χ4n) is 1.53. The van der Waals surface area contributed by atoms with E-state index < -0.39 is 0 Å². The summed E-state index contributed by atoms with van der Waals surface area (Å²) in [4.78, 5) is 15.5. The van der Waals surface area contributed by atoms with Crippen LogP contribution in [0.5, 0.6) is 11.5 Å². The Hall–Kier alpha value is -2.56. The van der Waals surface area contributed by atoms with Gasteiger partial charge in [-0.2, -0.15) is 0 Å². The number of aromatic nitrogens is 1. The Labute approximate surface area is 104 Å². The maximum Gasteiger partial charge on any atom is 0.252 e. The molecule has 2 rings (SSSR count). The van der Waals surface area contributed by atoms with E-state index in [4.69, 9.17) is 0 Å². The van der Waals surface area contributed by atoms with Gasteiger partial charge in [-0.15, -0.1) is 0 Å². The van der Waals surface area contributed by atoms with E-state index in [0.717, 1.165) is 0 Å². The molecule has 0 fully saturated rings. The maximum atomic E-state index is 11.3. The standard InChI is InChI=1S/C13H12N2O3/c1-14-13(18)9-2-4-10(15-7-9)8-3-5-11(16)12(17)6-8/h2-7,16-17H,1H3,(H,14,18). The van der Waals surface area contributed by atoms with Crippen LogP contribution in [0.1, 0.15) is 10.4 Å². The van der Waals surface area contributed by atoms with Crippen LogP contribution >= 0.6 is 0 Å². The van der Waals surface area contributed by atoms with Gasteiger partial charge in [0.2, 0.25) is 0 Å². The molecular formula is C13H12N2O3. The second-order valence-electron chi connectivity index (χ2n) is 3.71. The number of hydrogen-bond donors (Lipinski definition) is 3. The monoisotopic (exact) mass is 244 g/mol. The molecule has 5 nitrogen and oxygen atoms in total. The van der Waals surface area contributed by atoms with Gasteiger partial charge in [0.05, 0.1) is 11.3 Å². The van der Waals surface area contributed by atoms with Crippen LogP contribution in [-0.4, -0.2) is 28.2 Å². The minimum absolute atomic E-state index is 0.180. The molecule has 0 aliphatic carbocycles. The molecule has 0 bridgehead atoms. The van der Waals surface area contributed by atoms with Crippen molar-refractivity contribution in [2.24, 2.45) is 0 Å². The molecule has 1 heterocycles. The maximum absolute atomic E-state index is 11.3. The topological polar surface area (TPSA) is 82.5 Å². The zero-order chi connectivity index (χ0) is 13.1. The Morgan fingerprint density at radius 2 is 1.94 bits per heavy atom. The number of pyridine rings is 1. The fraction of sp³-hybridized carbons (Fsp3) is 0.0769. The first-order valence-corrected chi connectivity index (χ1v) is 5.32. The average Bonchev–Trinajstić information content (AvgIpc) is 2.41. The largest absolute Gasteiger partial charge is 0.504 e. The predicted octanol–water partition coefficient (Wildman–Crippen LogP) is 1.52. The van der Waals surface area contributed by atoms with E-state index in [-0.39, 0.29) is 17.4 Å². The molecule has 5 heteroatoms. The molecule has 1 aromatic heterocycles. The van der Waals surface area contributed by atoms with E-state index in [1.54, 1.807) is 25.2 Å². The van der Waals surface area contributed by atoms with Gasteiger partial charge in [0.1, 0.15) is 0 Å². The molecule has 0 spiro atoms. The van der Waals surface area contributed by atoms with Gasteiger partial charge in [0.25, 0.3) is 5.91 Å². The van der Waals surface area contributed by atoms with Crippen LogP contribution in [0, 0.1) is 0 Å². The van der Waals surface area contributed by atoms with Crippen molar-refractivity contribution in [3.05, 3.63) is 42.1 Å². The normalized spacial score (nSPS) is 10.1. The molecule has 0 saturated heterocycles. The quantitative estimate of drug-likeness (QED) is 0.699. The van der Waals surface area contributed by atoms with E-state index in [9.17, 15) is 15.0 Å². The molecule has 92 valence electrons. The molecule has 18 heavy (non-hydrogen) atoms. The van der Waals surface area contributed by atoms with Crippen LogP contribution in [0.25, 0.3) is 11.3 Å². The van der Waals surface area contributed by atoms with Crippen LogP contribution in [0.2, 0.25) is 0 Å². The van der Waals surface area contributed by atoms with E-state index in [2.05, 4.69) is 10.3 Å². The van der Waals surface area contributed by atoms with E-state index >= 15 is 0 Å². The van der Waals surface area contributed by atoms with Crippen LogP contribution < -0.4 is 5.32 Å². The zero-order valence-electron chi connectivity index (χ0n) is 9.71. The van der Waals surface area contributed by atoms with Gasteiger partial charge < -0.3 is 15.5 Å². The summed E-state index contributed by atoms with van der Waals surface area (Å²) < 4.78 is 0.